The molecule has 2 unspecified atom stereocenters. The van der Waals surface area contributed by atoms with Crippen molar-refractivity contribution in [2.75, 3.05) is 32.8 Å². The molecular weight excluding hydrogens is 557 g/mol. The lowest BCUT2D eigenvalue weighted by Gasteiger charge is -2.38. The molecule has 1 fully saturated rings. The lowest BCUT2D eigenvalue weighted by Crippen LogP contribution is -2.44. The monoisotopic (exact) mass is 592 g/mol. The van der Waals surface area contributed by atoms with Crippen molar-refractivity contribution in [2.24, 2.45) is 10.9 Å². The maximum absolute atomic E-state index is 13.7. The second-order valence-corrected chi connectivity index (χ2v) is 10.9. The first-order valence-corrected chi connectivity index (χ1v) is 14.7. The minimum absolute atomic E-state index is 0.00944. The standard InChI is InChI=1S/C29H35F3N4O4S/c1-5-34(6-2)26(38)24-18(4)33-28-36(25(24)19-10-12-21(13-11-19)29(30,31)32)22(17-41-28)15-23(37)35-14-8-9-20(16-35)27(39)40-7-3/h10-13,17,20,25H,5-9,14-16H2,1-4H3. The number of carbonyl (C=O) groups excluding carboxylic acids is 3. The fourth-order valence-corrected chi connectivity index (χ4v) is 6.38. The van der Waals surface area contributed by atoms with E-state index in [1.165, 1.54) is 23.9 Å². The molecule has 0 saturated carbocycles. The third kappa shape index (κ3) is 6.47. The van der Waals surface area contributed by atoms with Gasteiger partial charge in [0.2, 0.25) is 5.91 Å². The van der Waals surface area contributed by atoms with Gasteiger partial charge in [-0.2, -0.15) is 13.2 Å². The zero-order valence-electron chi connectivity index (χ0n) is 23.7. The van der Waals surface area contributed by atoms with Crippen molar-refractivity contribution in [3.05, 3.63) is 57.8 Å². The van der Waals surface area contributed by atoms with E-state index in [9.17, 15) is 27.6 Å². The molecule has 0 N–H and O–H groups in total. The molecule has 12 heteroatoms. The molecule has 2 atom stereocenters. The number of aliphatic imine (C=N–C) groups is 1. The Morgan fingerprint density at radius 3 is 2.41 bits per heavy atom. The number of alkyl halides is 3. The van der Waals surface area contributed by atoms with Crippen LogP contribution in [-0.4, -0.2) is 70.4 Å². The number of allylic oxidation sites excluding steroid dienone is 1. The number of fused-ring (bicyclic) bond motifs is 1. The van der Waals surface area contributed by atoms with Gasteiger partial charge in [0, 0.05) is 31.9 Å². The van der Waals surface area contributed by atoms with Crippen LogP contribution in [0.25, 0.3) is 0 Å². The molecular formula is C29H35F3N4O4S. The molecule has 3 aliphatic rings. The molecule has 0 spiro atoms. The average Bonchev–Trinajstić information content (AvgIpc) is 3.34. The van der Waals surface area contributed by atoms with Gasteiger partial charge >= 0.3 is 12.1 Å². The molecule has 0 aliphatic carbocycles. The van der Waals surface area contributed by atoms with Gasteiger partial charge in [-0.25, -0.2) is 4.99 Å². The number of hydrogen-bond donors (Lipinski definition) is 0. The molecule has 1 saturated heterocycles. The first kappa shape index (κ1) is 30.7. The minimum Gasteiger partial charge on any atom is -0.466 e. The Bertz CT molecular complexity index is 1270. The molecule has 1 aromatic carbocycles. The van der Waals surface area contributed by atoms with E-state index in [0.29, 0.717) is 60.2 Å². The third-order valence-electron chi connectivity index (χ3n) is 7.56. The number of ether oxygens (including phenoxy) is 1. The Hall–Kier alpha value is -3.28. The number of likely N-dealkylation sites (N-methyl/N-ethyl adjacent to an activating group) is 1. The highest BCUT2D eigenvalue weighted by molar-refractivity contribution is 8.16. The molecule has 0 radical (unpaired) electrons. The molecule has 3 heterocycles. The van der Waals surface area contributed by atoms with Gasteiger partial charge in [0.25, 0.3) is 5.91 Å². The van der Waals surface area contributed by atoms with E-state index in [-0.39, 0.29) is 43.3 Å². The van der Waals surface area contributed by atoms with Gasteiger partial charge in [-0.1, -0.05) is 23.9 Å². The van der Waals surface area contributed by atoms with Crippen molar-refractivity contribution >= 4 is 34.7 Å². The predicted octanol–water partition coefficient (Wildman–Crippen LogP) is 5.34. The molecule has 8 nitrogen and oxygen atoms in total. The smallest absolute Gasteiger partial charge is 0.416 e. The Kier molecular flexibility index (Phi) is 9.51. The number of amidine groups is 1. The second kappa shape index (κ2) is 12.7. The lowest BCUT2D eigenvalue weighted by molar-refractivity contribution is -0.151. The second-order valence-electron chi connectivity index (χ2n) is 10.1. The van der Waals surface area contributed by atoms with Crippen molar-refractivity contribution < 1.29 is 32.3 Å². The van der Waals surface area contributed by atoms with E-state index in [4.69, 9.17) is 4.74 Å². The highest BCUT2D eigenvalue weighted by Crippen LogP contribution is 2.45. The first-order chi connectivity index (χ1) is 19.5. The predicted molar refractivity (Wildman–Crippen MR) is 150 cm³/mol. The Morgan fingerprint density at radius 1 is 1.12 bits per heavy atom. The Labute approximate surface area is 242 Å². The van der Waals surface area contributed by atoms with Crippen LogP contribution in [0.3, 0.4) is 0 Å². The van der Waals surface area contributed by atoms with E-state index in [1.807, 2.05) is 13.8 Å². The number of amides is 2. The van der Waals surface area contributed by atoms with Gasteiger partial charge in [-0.15, -0.1) is 0 Å². The highest BCUT2D eigenvalue weighted by Gasteiger charge is 2.42. The van der Waals surface area contributed by atoms with Crippen LogP contribution in [0, 0.1) is 5.92 Å². The Balaban J connectivity index is 1.66. The lowest BCUT2D eigenvalue weighted by atomic mass is 9.92. The van der Waals surface area contributed by atoms with E-state index in [1.54, 1.807) is 34.0 Å². The number of hydrogen-bond acceptors (Lipinski definition) is 7. The van der Waals surface area contributed by atoms with E-state index in [2.05, 4.69) is 4.99 Å². The molecule has 0 aromatic heterocycles. The van der Waals surface area contributed by atoms with Gasteiger partial charge in [0.15, 0.2) is 5.17 Å². The van der Waals surface area contributed by atoms with Crippen molar-refractivity contribution in [1.82, 2.24) is 14.7 Å². The van der Waals surface area contributed by atoms with Gasteiger partial charge < -0.3 is 19.4 Å². The minimum atomic E-state index is -4.50. The van der Waals surface area contributed by atoms with Crippen LogP contribution in [0.15, 0.2) is 51.6 Å². The van der Waals surface area contributed by atoms with Gasteiger partial charge in [0.1, 0.15) is 0 Å². The van der Waals surface area contributed by atoms with Crippen molar-refractivity contribution in [2.45, 2.75) is 59.2 Å². The van der Waals surface area contributed by atoms with Crippen LogP contribution in [0.1, 0.15) is 64.1 Å². The largest absolute Gasteiger partial charge is 0.466 e. The Morgan fingerprint density at radius 2 is 1.80 bits per heavy atom. The number of nitrogens with zero attached hydrogens (tertiary/aromatic N) is 4. The number of benzene rings is 1. The summed E-state index contributed by atoms with van der Waals surface area (Å²) < 4.78 is 45.2. The summed E-state index contributed by atoms with van der Waals surface area (Å²) in [7, 11) is 0. The maximum atomic E-state index is 13.7. The summed E-state index contributed by atoms with van der Waals surface area (Å²) in [6.45, 7) is 9.16. The van der Waals surface area contributed by atoms with Crippen molar-refractivity contribution in [3.8, 4) is 0 Å². The van der Waals surface area contributed by atoms with Crippen LogP contribution in [0.5, 0.6) is 0 Å². The van der Waals surface area contributed by atoms with Crippen molar-refractivity contribution in [1.29, 1.82) is 0 Å². The number of likely N-dealkylation sites (tertiary alicyclic amines) is 1. The summed E-state index contributed by atoms with van der Waals surface area (Å²) in [4.78, 5) is 49.3. The molecule has 2 amide bonds. The van der Waals surface area contributed by atoms with Crippen LogP contribution < -0.4 is 0 Å². The molecule has 4 rings (SSSR count). The van der Waals surface area contributed by atoms with E-state index >= 15 is 0 Å². The maximum Gasteiger partial charge on any atom is 0.416 e. The van der Waals surface area contributed by atoms with Crippen LogP contribution in [0.2, 0.25) is 0 Å². The molecule has 222 valence electrons. The first-order valence-electron chi connectivity index (χ1n) is 13.8. The topological polar surface area (TPSA) is 82.5 Å². The number of piperidine rings is 1. The number of halogens is 3. The fraction of sp³-hybridized carbons (Fsp3) is 0.517. The van der Waals surface area contributed by atoms with Crippen LogP contribution in [-0.2, 0) is 25.3 Å². The van der Waals surface area contributed by atoms with E-state index in [0.717, 1.165) is 12.1 Å². The average molecular weight is 593 g/mol. The van der Waals surface area contributed by atoms with Gasteiger partial charge in [0.05, 0.1) is 41.8 Å². The summed E-state index contributed by atoms with van der Waals surface area (Å²) in [6.07, 6.45) is -3.18. The number of carbonyl (C=O) groups is 3. The SMILES string of the molecule is CCOC(=O)C1CCCN(C(=O)CC2=CSC3=NC(C)=C(C(=O)N(CC)CC)C(c4ccc(C(F)(F)F)cc4)N23)C1. The quantitative estimate of drug-likeness (QED) is 0.379. The van der Waals surface area contributed by atoms with Crippen molar-refractivity contribution in [3.63, 3.8) is 0 Å². The van der Waals surface area contributed by atoms with Crippen LogP contribution in [0.4, 0.5) is 13.2 Å². The zero-order valence-corrected chi connectivity index (χ0v) is 24.5. The number of thioether (sulfide) groups is 1. The molecule has 3 aliphatic heterocycles. The summed E-state index contributed by atoms with van der Waals surface area (Å²) in [5.74, 6) is -1.12. The summed E-state index contributed by atoms with van der Waals surface area (Å²) in [5.41, 5.74) is 1.14. The third-order valence-corrected chi connectivity index (χ3v) is 8.45. The number of rotatable bonds is 8. The fourth-order valence-electron chi connectivity index (χ4n) is 5.42. The van der Waals surface area contributed by atoms with Crippen LogP contribution >= 0.6 is 11.8 Å². The molecule has 0 bridgehead atoms. The van der Waals surface area contributed by atoms with Gasteiger partial charge in [-0.3, -0.25) is 14.4 Å². The van der Waals surface area contributed by atoms with Gasteiger partial charge in [-0.05, 0) is 63.6 Å². The zero-order chi connectivity index (χ0) is 29.9. The van der Waals surface area contributed by atoms with E-state index < -0.39 is 17.8 Å². The summed E-state index contributed by atoms with van der Waals surface area (Å²) >= 11 is 1.31. The highest BCUT2D eigenvalue weighted by atomic mass is 32.2. The normalized spacial score (nSPS) is 20.9. The molecule has 1 aromatic rings. The summed E-state index contributed by atoms with van der Waals surface area (Å²) in [5, 5.41) is 2.35. The molecule has 41 heavy (non-hydrogen) atoms. The number of esters is 1. The summed E-state index contributed by atoms with van der Waals surface area (Å²) in [6, 6.07) is 4.03.